The minimum absolute atomic E-state index is 0.165. The van der Waals surface area contributed by atoms with Crippen molar-refractivity contribution in [2.24, 2.45) is 0 Å². The van der Waals surface area contributed by atoms with Gasteiger partial charge in [0, 0.05) is 31.4 Å². The largest absolute Gasteiger partial charge is 0.493 e. The van der Waals surface area contributed by atoms with Crippen molar-refractivity contribution < 1.29 is 23.7 Å². The summed E-state index contributed by atoms with van der Waals surface area (Å²) in [5.41, 5.74) is 2.89. The third kappa shape index (κ3) is 3.72. The average Bonchev–Trinajstić information content (AvgIpc) is 3.15. The van der Waals surface area contributed by atoms with Crippen LogP contribution in [0.5, 0.6) is 17.2 Å². The minimum Gasteiger partial charge on any atom is -0.493 e. The monoisotopic (exact) mass is 385 g/mol. The molecule has 0 saturated carbocycles. The molecule has 1 heterocycles. The second kappa shape index (κ2) is 8.62. The van der Waals surface area contributed by atoms with Crippen LogP contribution in [0.2, 0.25) is 0 Å². The number of ether oxygens (including phenoxy) is 4. The van der Waals surface area contributed by atoms with Crippen LogP contribution in [0.4, 0.5) is 0 Å². The van der Waals surface area contributed by atoms with Crippen molar-refractivity contribution in [3.05, 3.63) is 42.2 Å². The molecule has 0 radical (unpaired) electrons. The number of benzene rings is 2. The molecule has 1 N–H and O–H groups in total. The lowest BCUT2D eigenvalue weighted by Crippen LogP contribution is -2.26. The summed E-state index contributed by atoms with van der Waals surface area (Å²) in [6.07, 6.45) is 1.69. The summed E-state index contributed by atoms with van der Waals surface area (Å²) < 4.78 is 23.1. The van der Waals surface area contributed by atoms with E-state index in [-0.39, 0.29) is 5.91 Å². The third-order valence-electron chi connectivity index (χ3n) is 4.33. The normalized spacial score (nSPS) is 10.7. The molecular formula is C20H23N3O5. The van der Waals surface area contributed by atoms with Crippen molar-refractivity contribution in [2.75, 3.05) is 41.6 Å². The van der Waals surface area contributed by atoms with Gasteiger partial charge in [-0.15, -0.1) is 0 Å². The Morgan fingerprint density at radius 2 is 1.75 bits per heavy atom. The summed E-state index contributed by atoms with van der Waals surface area (Å²) in [6, 6.07) is 9.06. The first-order valence-electron chi connectivity index (χ1n) is 8.67. The van der Waals surface area contributed by atoms with Gasteiger partial charge in [-0.05, 0) is 18.2 Å². The Kier molecular flexibility index (Phi) is 6.00. The van der Waals surface area contributed by atoms with E-state index in [1.165, 1.54) is 0 Å². The van der Waals surface area contributed by atoms with Crippen LogP contribution < -0.4 is 19.5 Å². The van der Waals surface area contributed by atoms with E-state index in [1.54, 1.807) is 46.9 Å². The van der Waals surface area contributed by atoms with Crippen molar-refractivity contribution in [2.45, 2.75) is 0 Å². The molecular weight excluding hydrogens is 362 g/mol. The zero-order chi connectivity index (χ0) is 20.1. The van der Waals surface area contributed by atoms with E-state index in [0.717, 1.165) is 11.2 Å². The average molecular weight is 385 g/mol. The number of nitrogens with zero attached hydrogens (tertiary/aromatic N) is 2. The Hall–Kier alpha value is -3.26. The first-order chi connectivity index (χ1) is 13.6. The van der Waals surface area contributed by atoms with Crippen molar-refractivity contribution in [1.82, 2.24) is 14.9 Å². The molecule has 148 valence electrons. The van der Waals surface area contributed by atoms with E-state index >= 15 is 0 Å². The molecule has 0 aliphatic heterocycles. The molecule has 0 atom stereocenters. The molecule has 0 spiro atoms. The molecule has 0 unspecified atom stereocenters. The minimum atomic E-state index is -0.165. The lowest BCUT2D eigenvalue weighted by atomic mass is 10.2. The number of methoxy groups -OCH3 is 4. The number of rotatable bonds is 8. The molecule has 0 bridgehead atoms. The van der Waals surface area contributed by atoms with Crippen molar-refractivity contribution in [3.63, 3.8) is 0 Å². The smallest absolute Gasteiger partial charge is 0.251 e. The second-order valence-electron chi connectivity index (χ2n) is 5.95. The molecule has 8 heteroatoms. The number of carbonyl (C=O) groups is 1. The molecule has 0 aliphatic carbocycles. The Bertz CT molecular complexity index is 958. The van der Waals surface area contributed by atoms with Gasteiger partial charge in [0.05, 0.1) is 44.7 Å². The first kappa shape index (κ1) is 19.5. The Morgan fingerprint density at radius 3 is 2.36 bits per heavy atom. The number of fused-ring (bicyclic) bond motifs is 1. The van der Waals surface area contributed by atoms with Gasteiger partial charge in [0.2, 0.25) is 5.75 Å². The molecule has 0 aliphatic rings. The lowest BCUT2D eigenvalue weighted by Gasteiger charge is -2.15. The highest BCUT2D eigenvalue weighted by atomic mass is 16.5. The number of hydrogen-bond acceptors (Lipinski definition) is 6. The quantitative estimate of drug-likeness (QED) is 0.600. The fraction of sp³-hybridized carbons (Fsp3) is 0.300. The van der Waals surface area contributed by atoms with Crippen LogP contribution in [0.1, 0.15) is 10.4 Å². The maximum Gasteiger partial charge on any atom is 0.251 e. The molecule has 1 aromatic heterocycles. The van der Waals surface area contributed by atoms with Gasteiger partial charge in [0.1, 0.15) is 6.33 Å². The van der Waals surface area contributed by atoms with Crippen molar-refractivity contribution in [3.8, 4) is 22.9 Å². The molecule has 8 nitrogen and oxygen atoms in total. The van der Waals surface area contributed by atoms with Crippen LogP contribution in [0.15, 0.2) is 36.7 Å². The van der Waals surface area contributed by atoms with E-state index in [0.29, 0.717) is 41.5 Å². The lowest BCUT2D eigenvalue weighted by molar-refractivity contribution is 0.0937. The molecule has 28 heavy (non-hydrogen) atoms. The van der Waals surface area contributed by atoms with E-state index < -0.39 is 0 Å². The van der Waals surface area contributed by atoms with Crippen LogP contribution in [-0.2, 0) is 4.74 Å². The molecule has 0 saturated heterocycles. The maximum atomic E-state index is 12.2. The molecule has 0 fully saturated rings. The molecule has 3 aromatic rings. The zero-order valence-corrected chi connectivity index (χ0v) is 16.3. The summed E-state index contributed by atoms with van der Waals surface area (Å²) in [5.74, 6) is 1.45. The summed E-state index contributed by atoms with van der Waals surface area (Å²) >= 11 is 0. The van der Waals surface area contributed by atoms with Crippen LogP contribution in [0.25, 0.3) is 16.7 Å². The number of aromatic nitrogens is 2. The fourth-order valence-corrected chi connectivity index (χ4v) is 2.93. The number of carbonyl (C=O) groups excluding carboxylic acids is 1. The van der Waals surface area contributed by atoms with E-state index in [4.69, 9.17) is 18.9 Å². The van der Waals surface area contributed by atoms with Gasteiger partial charge < -0.3 is 24.3 Å². The van der Waals surface area contributed by atoms with Gasteiger partial charge in [-0.25, -0.2) is 4.98 Å². The van der Waals surface area contributed by atoms with Gasteiger partial charge in [-0.1, -0.05) is 0 Å². The summed E-state index contributed by atoms with van der Waals surface area (Å²) in [4.78, 5) is 16.7. The number of hydrogen-bond donors (Lipinski definition) is 1. The van der Waals surface area contributed by atoms with Gasteiger partial charge in [0.15, 0.2) is 11.5 Å². The van der Waals surface area contributed by atoms with Crippen LogP contribution >= 0.6 is 0 Å². The Morgan fingerprint density at radius 1 is 1.04 bits per heavy atom. The van der Waals surface area contributed by atoms with Gasteiger partial charge in [-0.3, -0.25) is 9.36 Å². The van der Waals surface area contributed by atoms with Crippen LogP contribution in [-0.4, -0.2) is 57.0 Å². The SMILES string of the molecule is COCCNC(=O)c1ccc2c(c1)ncn2-c1cc(OC)c(OC)c(OC)c1. The maximum absolute atomic E-state index is 12.2. The highest BCUT2D eigenvalue weighted by molar-refractivity contribution is 5.97. The van der Waals surface area contributed by atoms with Crippen LogP contribution in [0, 0.1) is 0 Å². The fourth-order valence-electron chi connectivity index (χ4n) is 2.93. The van der Waals surface area contributed by atoms with E-state index in [9.17, 15) is 4.79 Å². The van der Waals surface area contributed by atoms with Crippen molar-refractivity contribution >= 4 is 16.9 Å². The molecule has 2 aromatic carbocycles. The highest BCUT2D eigenvalue weighted by Crippen LogP contribution is 2.39. The Labute approximate surface area is 163 Å². The summed E-state index contributed by atoms with van der Waals surface area (Å²) in [7, 11) is 6.29. The summed E-state index contributed by atoms with van der Waals surface area (Å²) in [5, 5.41) is 2.80. The van der Waals surface area contributed by atoms with E-state index in [1.807, 2.05) is 22.8 Å². The first-order valence-corrected chi connectivity index (χ1v) is 8.67. The molecule has 3 rings (SSSR count). The van der Waals surface area contributed by atoms with Gasteiger partial charge in [0.25, 0.3) is 5.91 Å². The van der Waals surface area contributed by atoms with Gasteiger partial charge in [-0.2, -0.15) is 0 Å². The predicted molar refractivity (Wildman–Crippen MR) is 105 cm³/mol. The number of imidazole rings is 1. The standard InChI is InChI=1S/C20H23N3O5/c1-25-8-7-21-20(24)13-5-6-16-15(9-13)22-12-23(16)14-10-17(26-2)19(28-4)18(11-14)27-3/h5-6,9-12H,7-8H2,1-4H3,(H,21,24). The van der Waals surface area contributed by atoms with Crippen molar-refractivity contribution in [1.29, 1.82) is 0 Å². The second-order valence-corrected chi connectivity index (χ2v) is 5.95. The predicted octanol–water partition coefficient (Wildman–Crippen LogP) is 2.43. The Balaban J connectivity index is 1.98. The summed E-state index contributed by atoms with van der Waals surface area (Å²) in [6.45, 7) is 0.914. The molecule has 1 amide bonds. The topological polar surface area (TPSA) is 83.8 Å². The number of amides is 1. The van der Waals surface area contributed by atoms with Gasteiger partial charge >= 0.3 is 0 Å². The van der Waals surface area contributed by atoms with E-state index in [2.05, 4.69) is 10.3 Å². The number of nitrogens with one attached hydrogen (secondary N) is 1. The highest BCUT2D eigenvalue weighted by Gasteiger charge is 2.16. The third-order valence-corrected chi connectivity index (χ3v) is 4.33. The van der Waals surface area contributed by atoms with Crippen LogP contribution in [0.3, 0.4) is 0 Å². The zero-order valence-electron chi connectivity index (χ0n) is 16.3.